The van der Waals surface area contributed by atoms with E-state index in [9.17, 15) is 0 Å². The Bertz CT molecular complexity index is 366. The first kappa shape index (κ1) is 12.9. The van der Waals surface area contributed by atoms with Gasteiger partial charge in [0.05, 0.1) is 18.0 Å². The Hall–Kier alpha value is -1.13. The molecule has 16 heavy (non-hydrogen) atoms. The zero-order valence-electron chi connectivity index (χ0n) is 9.55. The highest BCUT2D eigenvalue weighted by Gasteiger charge is 2.17. The molecule has 1 rings (SSSR count). The van der Waals surface area contributed by atoms with Gasteiger partial charge in [-0.05, 0) is 30.7 Å². The lowest BCUT2D eigenvalue weighted by Gasteiger charge is -2.13. The van der Waals surface area contributed by atoms with Crippen LogP contribution >= 0.6 is 11.8 Å². The number of aromatic nitrogens is 4. The molecule has 0 unspecified atom stereocenters. The van der Waals surface area contributed by atoms with E-state index in [1.165, 1.54) is 0 Å². The second-order valence-corrected chi connectivity index (χ2v) is 5.13. The molecule has 0 fully saturated rings. The van der Waals surface area contributed by atoms with Gasteiger partial charge in [-0.25, -0.2) is 4.68 Å². The van der Waals surface area contributed by atoms with Crippen LogP contribution in [-0.2, 0) is 6.54 Å². The second-order valence-electron chi connectivity index (χ2n) is 4.07. The van der Waals surface area contributed by atoms with Gasteiger partial charge < -0.3 is 5.73 Å². The van der Waals surface area contributed by atoms with Crippen LogP contribution in [0.1, 0.15) is 20.3 Å². The fourth-order valence-corrected chi connectivity index (χ4v) is 2.18. The van der Waals surface area contributed by atoms with Gasteiger partial charge >= 0.3 is 0 Å². The predicted molar refractivity (Wildman–Crippen MR) is 61.6 cm³/mol. The summed E-state index contributed by atoms with van der Waals surface area (Å²) in [5.41, 5.74) is 5.15. The maximum absolute atomic E-state index is 8.87. The quantitative estimate of drug-likeness (QED) is 0.734. The van der Waals surface area contributed by atoms with Crippen LogP contribution in [0.5, 0.6) is 0 Å². The molecule has 0 aliphatic rings. The molecule has 1 aromatic rings. The van der Waals surface area contributed by atoms with E-state index in [0.717, 1.165) is 17.3 Å². The lowest BCUT2D eigenvalue weighted by molar-refractivity contribution is 0.481. The molecule has 1 aromatic heterocycles. The van der Waals surface area contributed by atoms with Crippen molar-refractivity contribution < 1.29 is 0 Å². The summed E-state index contributed by atoms with van der Waals surface area (Å²) >= 11 is 1.56. The Morgan fingerprint density at radius 1 is 1.56 bits per heavy atom. The van der Waals surface area contributed by atoms with Gasteiger partial charge in [0.25, 0.3) is 0 Å². The molecule has 0 radical (unpaired) electrons. The summed E-state index contributed by atoms with van der Waals surface area (Å²) in [5.74, 6) is 0.825. The van der Waals surface area contributed by atoms with E-state index >= 15 is 0 Å². The fourth-order valence-electron chi connectivity index (χ4n) is 1.02. The van der Waals surface area contributed by atoms with E-state index in [1.54, 1.807) is 16.4 Å². The number of hydrogen-bond donors (Lipinski definition) is 1. The maximum atomic E-state index is 8.87. The van der Waals surface area contributed by atoms with Crippen LogP contribution in [0, 0.1) is 16.7 Å². The Kier molecular flexibility index (Phi) is 4.71. The molecule has 0 amide bonds. The van der Waals surface area contributed by atoms with Gasteiger partial charge in [0.1, 0.15) is 0 Å². The molecule has 0 bridgehead atoms. The third kappa shape index (κ3) is 3.79. The SMILES string of the molecule is CC(C)(C#N)CCSc1nnnn1CCN. The van der Waals surface area contributed by atoms with E-state index in [1.807, 2.05) is 13.8 Å². The van der Waals surface area contributed by atoms with E-state index in [0.29, 0.717) is 13.1 Å². The maximum Gasteiger partial charge on any atom is 0.209 e. The zero-order chi connectivity index (χ0) is 12.0. The van der Waals surface area contributed by atoms with Gasteiger partial charge in [-0.15, -0.1) is 5.10 Å². The minimum absolute atomic E-state index is 0.293. The molecule has 7 heteroatoms. The van der Waals surface area contributed by atoms with Crippen molar-refractivity contribution >= 4 is 11.8 Å². The molecule has 0 aromatic carbocycles. The summed E-state index contributed by atoms with van der Waals surface area (Å²) in [6.45, 7) is 4.99. The first-order chi connectivity index (χ1) is 7.59. The van der Waals surface area contributed by atoms with Crippen molar-refractivity contribution in [2.24, 2.45) is 11.1 Å². The van der Waals surface area contributed by atoms with Crippen molar-refractivity contribution in [2.45, 2.75) is 32.0 Å². The largest absolute Gasteiger partial charge is 0.329 e. The Morgan fingerprint density at radius 2 is 2.31 bits per heavy atom. The number of nitrogens with two attached hydrogens (primary N) is 1. The highest BCUT2D eigenvalue weighted by molar-refractivity contribution is 7.99. The van der Waals surface area contributed by atoms with E-state index < -0.39 is 0 Å². The van der Waals surface area contributed by atoms with Gasteiger partial charge in [-0.1, -0.05) is 11.8 Å². The Labute approximate surface area is 99.2 Å². The van der Waals surface area contributed by atoms with Crippen LogP contribution in [0.3, 0.4) is 0 Å². The summed E-state index contributed by atoms with van der Waals surface area (Å²) in [7, 11) is 0. The Balaban J connectivity index is 2.43. The van der Waals surface area contributed by atoms with Crippen molar-refractivity contribution in [3.8, 4) is 6.07 Å². The van der Waals surface area contributed by atoms with E-state index in [2.05, 4.69) is 21.6 Å². The lowest BCUT2D eigenvalue weighted by Crippen LogP contribution is -2.13. The second kappa shape index (κ2) is 5.82. The van der Waals surface area contributed by atoms with Gasteiger partial charge in [-0.3, -0.25) is 0 Å². The predicted octanol–water partition coefficient (Wildman–Crippen LogP) is 0.664. The van der Waals surface area contributed by atoms with Crippen LogP contribution in [0.15, 0.2) is 5.16 Å². The minimum atomic E-state index is -0.293. The lowest BCUT2D eigenvalue weighted by atomic mass is 9.93. The topological polar surface area (TPSA) is 93.4 Å². The number of thioether (sulfide) groups is 1. The van der Waals surface area contributed by atoms with Crippen molar-refractivity contribution in [3.63, 3.8) is 0 Å². The molecule has 0 aliphatic heterocycles. The van der Waals surface area contributed by atoms with Gasteiger partial charge in [0.2, 0.25) is 5.16 Å². The first-order valence-electron chi connectivity index (χ1n) is 5.09. The van der Waals surface area contributed by atoms with Crippen molar-refractivity contribution in [1.82, 2.24) is 20.2 Å². The van der Waals surface area contributed by atoms with Crippen LogP contribution < -0.4 is 5.73 Å². The highest BCUT2D eigenvalue weighted by Crippen LogP contribution is 2.24. The summed E-state index contributed by atoms with van der Waals surface area (Å²) in [6.07, 6.45) is 0.809. The van der Waals surface area contributed by atoms with Gasteiger partial charge in [0, 0.05) is 12.3 Å². The summed E-state index contributed by atoms with van der Waals surface area (Å²) in [5, 5.41) is 21.0. The first-order valence-corrected chi connectivity index (χ1v) is 6.08. The number of hydrogen-bond acceptors (Lipinski definition) is 6. The van der Waals surface area contributed by atoms with Crippen molar-refractivity contribution in [2.75, 3.05) is 12.3 Å². The monoisotopic (exact) mass is 240 g/mol. The van der Waals surface area contributed by atoms with Crippen LogP contribution in [0.2, 0.25) is 0 Å². The number of nitrogens with zero attached hydrogens (tertiary/aromatic N) is 5. The third-order valence-electron chi connectivity index (χ3n) is 2.10. The van der Waals surface area contributed by atoms with E-state index in [4.69, 9.17) is 11.0 Å². The molecular formula is C9H16N6S. The standard InChI is InChI=1S/C9H16N6S/c1-9(2,7-11)3-6-16-8-12-13-14-15(8)5-4-10/h3-6,10H2,1-2H3. The third-order valence-corrected chi connectivity index (χ3v) is 3.06. The van der Waals surface area contributed by atoms with Crippen LogP contribution in [-0.4, -0.2) is 32.5 Å². The zero-order valence-corrected chi connectivity index (χ0v) is 10.4. The molecule has 1 heterocycles. The minimum Gasteiger partial charge on any atom is -0.329 e. The molecule has 0 spiro atoms. The molecule has 88 valence electrons. The molecule has 6 nitrogen and oxygen atoms in total. The highest BCUT2D eigenvalue weighted by atomic mass is 32.2. The molecule has 2 N–H and O–H groups in total. The smallest absolute Gasteiger partial charge is 0.209 e. The van der Waals surface area contributed by atoms with Crippen molar-refractivity contribution in [3.05, 3.63) is 0 Å². The van der Waals surface area contributed by atoms with Gasteiger partial charge in [-0.2, -0.15) is 5.26 Å². The fraction of sp³-hybridized carbons (Fsp3) is 0.778. The number of nitriles is 1. The average molecular weight is 240 g/mol. The number of rotatable bonds is 6. The van der Waals surface area contributed by atoms with Gasteiger partial charge in [0.15, 0.2) is 0 Å². The van der Waals surface area contributed by atoms with Crippen LogP contribution in [0.4, 0.5) is 0 Å². The van der Waals surface area contributed by atoms with E-state index in [-0.39, 0.29) is 5.41 Å². The summed E-state index contributed by atoms with van der Waals surface area (Å²) in [6, 6.07) is 2.27. The molecule has 0 atom stereocenters. The Morgan fingerprint density at radius 3 is 2.94 bits per heavy atom. The molecular weight excluding hydrogens is 224 g/mol. The summed E-state index contributed by atoms with van der Waals surface area (Å²) in [4.78, 5) is 0. The normalized spacial score (nSPS) is 11.4. The van der Waals surface area contributed by atoms with Crippen LogP contribution in [0.25, 0.3) is 0 Å². The molecule has 0 saturated heterocycles. The van der Waals surface area contributed by atoms with Crippen molar-refractivity contribution in [1.29, 1.82) is 5.26 Å². The number of tetrazole rings is 1. The summed E-state index contributed by atoms with van der Waals surface area (Å²) < 4.78 is 1.68. The average Bonchev–Trinajstić information content (AvgIpc) is 2.66. The molecule has 0 saturated carbocycles. The molecule has 0 aliphatic carbocycles.